The van der Waals surface area contributed by atoms with Crippen LogP contribution < -0.4 is 10.5 Å². The summed E-state index contributed by atoms with van der Waals surface area (Å²) in [4.78, 5) is 0. The fraction of sp³-hybridized carbons (Fsp3) is 0.0556. The lowest BCUT2D eigenvalue weighted by molar-refractivity contribution is 0.415. The normalized spacial score (nSPS) is 10.9. The Morgan fingerprint density at radius 3 is 2.38 bits per heavy atom. The molecule has 0 aliphatic heterocycles. The molecule has 0 spiro atoms. The molecule has 2 aromatic carbocycles. The molecule has 118 valence electrons. The Balaban J connectivity index is 1.92. The lowest BCUT2D eigenvalue weighted by Gasteiger charge is -2.08. The van der Waals surface area contributed by atoms with Crippen molar-refractivity contribution in [3.8, 4) is 28.1 Å². The maximum atomic E-state index is 6.07. The van der Waals surface area contributed by atoms with Crippen LogP contribution in [-0.2, 0) is 0 Å². The second kappa shape index (κ2) is 5.66. The van der Waals surface area contributed by atoms with Gasteiger partial charge in [0.05, 0.1) is 13.3 Å². The minimum absolute atomic E-state index is 0.329. The highest BCUT2D eigenvalue weighted by molar-refractivity contribution is 5.80. The van der Waals surface area contributed by atoms with Gasteiger partial charge in [0, 0.05) is 11.1 Å². The van der Waals surface area contributed by atoms with Crippen molar-refractivity contribution in [2.75, 3.05) is 12.8 Å². The molecule has 2 N–H and O–H groups in total. The molecule has 6 heteroatoms. The van der Waals surface area contributed by atoms with Gasteiger partial charge in [-0.15, -0.1) is 10.2 Å². The summed E-state index contributed by atoms with van der Waals surface area (Å²) in [6.45, 7) is 0. The fourth-order valence-electron chi connectivity index (χ4n) is 2.70. The predicted octanol–water partition coefficient (Wildman–Crippen LogP) is 3.05. The fourth-order valence-corrected chi connectivity index (χ4v) is 2.70. The van der Waals surface area contributed by atoms with E-state index in [-0.39, 0.29) is 0 Å². The lowest BCUT2D eigenvalue weighted by atomic mass is 10.1. The molecule has 4 rings (SSSR count). The van der Waals surface area contributed by atoms with Crippen molar-refractivity contribution in [2.45, 2.75) is 0 Å². The first-order valence-corrected chi connectivity index (χ1v) is 7.47. The van der Waals surface area contributed by atoms with E-state index in [0.29, 0.717) is 17.2 Å². The van der Waals surface area contributed by atoms with Crippen LogP contribution in [0, 0.1) is 0 Å². The molecule has 0 unspecified atom stereocenters. The number of nitrogen functional groups attached to an aromatic ring is 1. The summed E-state index contributed by atoms with van der Waals surface area (Å²) in [7, 11) is 1.63. The second-order valence-corrected chi connectivity index (χ2v) is 5.32. The van der Waals surface area contributed by atoms with Crippen LogP contribution >= 0.6 is 0 Å². The molecular weight excluding hydrogens is 302 g/mol. The summed E-state index contributed by atoms with van der Waals surface area (Å²) in [5.41, 5.74) is 10.3. The number of benzene rings is 2. The molecule has 0 aliphatic carbocycles. The summed E-state index contributed by atoms with van der Waals surface area (Å²) in [5.74, 6) is 1.11. The van der Waals surface area contributed by atoms with Gasteiger partial charge in [0.1, 0.15) is 11.4 Å². The van der Waals surface area contributed by atoms with Crippen molar-refractivity contribution < 1.29 is 4.74 Å². The van der Waals surface area contributed by atoms with Gasteiger partial charge in [-0.1, -0.05) is 30.3 Å². The van der Waals surface area contributed by atoms with Gasteiger partial charge in [-0.2, -0.15) is 5.10 Å². The van der Waals surface area contributed by atoms with Crippen LogP contribution in [0.15, 0.2) is 60.8 Å². The number of hydrogen-bond donors (Lipinski definition) is 1. The van der Waals surface area contributed by atoms with E-state index in [9.17, 15) is 0 Å². The smallest absolute Gasteiger partial charge is 0.185 e. The summed E-state index contributed by atoms with van der Waals surface area (Å²) < 4.78 is 6.93. The Morgan fingerprint density at radius 1 is 0.917 bits per heavy atom. The highest BCUT2D eigenvalue weighted by Gasteiger charge is 2.15. The zero-order valence-corrected chi connectivity index (χ0v) is 13.0. The Kier molecular flexibility index (Phi) is 3.35. The molecule has 0 radical (unpaired) electrons. The minimum atomic E-state index is 0.329. The number of anilines is 1. The number of rotatable bonds is 3. The number of hydrogen-bond acceptors (Lipinski definition) is 5. The van der Waals surface area contributed by atoms with E-state index in [1.54, 1.807) is 17.8 Å². The monoisotopic (exact) mass is 317 g/mol. The van der Waals surface area contributed by atoms with Crippen LogP contribution in [0.4, 0.5) is 5.82 Å². The third-order valence-electron chi connectivity index (χ3n) is 3.90. The summed E-state index contributed by atoms with van der Waals surface area (Å²) >= 11 is 0. The third-order valence-corrected chi connectivity index (χ3v) is 3.90. The highest BCUT2D eigenvalue weighted by atomic mass is 16.5. The van der Waals surface area contributed by atoms with Crippen molar-refractivity contribution in [3.63, 3.8) is 0 Å². The molecule has 0 saturated carbocycles. The molecule has 0 saturated heterocycles. The maximum absolute atomic E-state index is 6.07. The Bertz CT molecular complexity index is 993. The van der Waals surface area contributed by atoms with E-state index < -0.39 is 0 Å². The topological polar surface area (TPSA) is 78.3 Å². The van der Waals surface area contributed by atoms with Gasteiger partial charge in [0.15, 0.2) is 11.5 Å². The van der Waals surface area contributed by atoms with Gasteiger partial charge in [-0.05, 0) is 29.8 Å². The third kappa shape index (κ3) is 2.25. The number of nitrogens with two attached hydrogens (primary N) is 1. The zero-order chi connectivity index (χ0) is 16.5. The molecule has 0 fully saturated rings. The Labute approximate surface area is 138 Å². The minimum Gasteiger partial charge on any atom is -0.497 e. The van der Waals surface area contributed by atoms with Crippen molar-refractivity contribution in [1.29, 1.82) is 0 Å². The highest BCUT2D eigenvalue weighted by Crippen LogP contribution is 2.30. The number of methoxy groups -OCH3 is 1. The van der Waals surface area contributed by atoms with Crippen LogP contribution in [0.25, 0.3) is 28.0 Å². The second-order valence-electron chi connectivity index (χ2n) is 5.32. The van der Waals surface area contributed by atoms with Crippen LogP contribution in [0.5, 0.6) is 5.75 Å². The van der Waals surface area contributed by atoms with E-state index in [0.717, 1.165) is 22.4 Å². The van der Waals surface area contributed by atoms with Crippen LogP contribution in [0.1, 0.15) is 0 Å². The SMILES string of the molecule is COc1ccc(-c2c(N)nnc3c(-c4ccccc4)cnn23)cc1. The predicted molar refractivity (Wildman–Crippen MR) is 92.6 cm³/mol. The van der Waals surface area contributed by atoms with Gasteiger partial charge >= 0.3 is 0 Å². The van der Waals surface area contributed by atoms with Gasteiger partial charge < -0.3 is 10.5 Å². The summed E-state index contributed by atoms with van der Waals surface area (Å²) in [6, 6.07) is 17.6. The number of ether oxygens (including phenoxy) is 1. The molecule has 2 aromatic heterocycles. The quantitative estimate of drug-likeness (QED) is 0.628. The molecule has 0 aliphatic rings. The van der Waals surface area contributed by atoms with E-state index in [2.05, 4.69) is 15.3 Å². The largest absolute Gasteiger partial charge is 0.497 e. The molecule has 2 heterocycles. The Morgan fingerprint density at radius 2 is 1.67 bits per heavy atom. The first kappa shape index (κ1) is 14.2. The first-order chi connectivity index (χ1) is 11.8. The Hall–Kier alpha value is -3.41. The van der Waals surface area contributed by atoms with Crippen LogP contribution in [0.3, 0.4) is 0 Å². The van der Waals surface area contributed by atoms with Gasteiger partial charge in [0.25, 0.3) is 0 Å². The van der Waals surface area contributed by atoms with Crippen molar-refractivity contribution in [2.24, 2.45) is 0 Å². The van der Waals surface area contributed by atoms with Gasteiger partial charge in [-0.25, -0.2) is 4.52 Å². The molecule has 4 aromatic rings. The molecular formula is C18H15N5O. The van der Waals surface area contributed by atoms with E-state index in [1.165, 1.54) is 0 Å². The molecule has 0 amide bonds. The van der Waals surface area contributed by atoms with Crippen molar-refractivity contribution >= 4 is 11.5 Å². The summed E-state index contributed by atoms with van der Waals surface area (Å²) in [5, 5.41) is 12.8. The number of fused-ring (bicyclic) bond motifs is 1. The average Bonchev–Trinajstić information content (AvgIpc) is 3.06. The van der Waals surface area contributed by atoms with Crippen molar-refractivity contribution in [3.05, 3.63) is 60.8 Å². The molecule has 6 nitrogen and oxygen atoms in total. The van der Waals surface area contributed by atoms with E-state index in [1.807, 2.05) is 54.6 Å². The molecule has 24 heavy (non-hydrogen) atoms. The standard InChI is InChI=1S/C18H15N5O/c1-24-14-9-7-13(8-10-14)16-17(19)21-22-18-15(11-20-23(16)18)12-5-3-2-4-6-12/h2-11H,19H2,1H3. The van der Waals surface area contributed by atoms with Gasteiger partial charge in [0.2, 0.25) is 0 Å². The number of aromatic nitrogens is 4. The van der Waals surface area contributed by atoms with E-state index in [4.69, 9.17) is 10.5 Å². The van der Waals surface area contributed by atoms with E-state index >= 15 is 0 Å². The maximum Gasteiger partial charge on any atom is 0.185 e. The van der Waals surface area contributed by atoms with Crippen molar-refractivity contribution in [1.82, 2.24) is 19.8 Å². The molecule has 0 atom stereocenters. The summed E-state index contributed by atoms with van der Waals surface area (Å²) in [6.07, 6.45) is 1.78. The zero-order valence-electron chi connectivity index (χ0n) is 13.0. The lowest BCUT2D eigenvalue weighted by Crippen LogP contribution is -2.05. The molecule has 0 bridgehead atoms. The first-order valence-electron chi connectivity index (χ1n) is 7.47. The number of nitrogens with zero attached hydrogens (tertiary/aromatic N) is 4. The average molecular weight is 317 g/mol. The van der Waals surface area contributed by atoms with Crippen LogP contribution in [0.2, 0.25) is 0 Å². The van der Waals surface area contributed by atoms with Gasteiger partial charge in [-0.3, -0.25) is 0 Å². The van der Waals surface area contributed by atoms with Crippen LogP contribution in [-0.4, -0.2) is 26.9 Å².